The minimum absolute atomic E-state index is 0.0221. The van der Waals surface area contributed by atoms with Gasteiger partial charge in [-0.2, -0.15) is 23.7 Å². The van der Waals surface area contributed by atoms with E-state index in [1.807, 2.05) is 12.1 Å². The fourth-order valence-corrected chi connectivity index (χ4v) is 5.70. The number of benzene rings is 1. The Morgan fingerprint density at radius 3 is 2.25 bits per heavy atom. The van der Waals surface area contributed by atoms with Gasteiger partial charge >= 0.3 is 6.18 Å². The maximum Gasteiger partial charge on any atom is 0.394 e. The first-order chi connectivity index (χ1) is 14.9. The molecule has 0 heterocycles. The van der Waals surface area contributed by atoms with E-state index in [4.69, 9.17) is 5.26 Å². The number of fused-ring (bicyclic) bond motifs is 3. The lowest BCUT2D eigenvalue weighted by Gasteiger charge is -2.53. The summed E-state index contributed by atoms with van der Waals surface area (Å²) in [6.07, 6.45) is -3.73. The number of alkyl halides is 3. The second-order valence-electron chi connectivity index (χ2n) is 8.57. The number of hydrogen-bond donors (Lipinski definition) is 2. The Kier molecular flexibility index (Phi) is 6.43. The number of halogens is 3. The Labute approximate surface area is 184 Å². The molecule has 3 saturated carbocycles. The van der Waals surface area contributed by atoms with Crippen molar-refractivity contribution in [3.63, 3.8) is 0 Å². The molecule has 2 N–H and O–H groups in total. The number of nitriles is 2. The van der Waals surface area contributed by atoms with Crippen molar-refractivity contribution < 1.29 is 26.4 Å². The molecule has 2 bridgehead atoms. The Balaban J connectivity index is 1.80. The third-order valence-electron chi connectivity index (χ3n) is 6.59. The summed E-state index contributed by atoms with van der Waals surface area (Å²) in [5.41, 5.74) is -2.42. The van der Waals surface area contributed by atoms with E-state index < -0.39 is 33.1 Å². The monoisotopic (exact) mass is 468 g/mol. The van der Waals surface area contributed by atoms with Gasteiger partial charge in [0.05, 0.1) is 40.1 Å². The highest BCUT2D eigenvalue weighted by molar-refractivity contribution is 7.92. The van der Waals surface area contributed by atoms with E-state index in [0.717, 1.165) is 0 Å². The molecule has 0 saturated heterocycles. The molecular weight excluding hydrogens is 445 g/mol. The van der Waals surface area contributed by atoms with Gasteiger partial charge < -0.3 is 5.32 Å². The third-order valence-corrected chi connectivity index (χ3v) is 7.94. The average molecular weight is 469 g/mol. The van der Waals surface area contributed by atoms with Gasteiger partial charge in [0.2, 0.25) is 10.0 Å². The van der Waals surface area contributed by atoms with Crippen LogP contribution in [0.15, 0.2) is 18.2 Å². The number of anilines is 1. The molecule has 3 aliphatic carbocycles. The van der Waals surface area contributed by atoms with E-state index in [0.29, 0.717) is 0 Å². The summed E-state index contributed by atoms with van der Waals surface area (Å²) in [4.78, 5) is 13.1. The molecule has 0 radical (unpaired) electrons. The number of rotatable bonds is 7. The molecule has 11 heteroatoms. The molecule has 0 aromatic heterocycles. The van der Waals surface area contributed by atoms with Gasteiger partial charge in [-0.15, -0.1) is 0 Å². The molecule has 1 aromatic carbocycles. The lowest BCUT2D eigenvalue weighted by Crippen LogP contribution is -2.59. The number of carbonyl (C=O) groups is 1. The Hall–Kier alpha value is -2.79. The molecule has 3 aliphatic rings. The summed E-state index contributed by atoms with van der Waals surface area (Å²) in [6, 6.07) is 7.68. The van der Waals surface area contributed by atoms with Gasteiger partial charge in [-0.1, -0.05) is 0 Å². The fraction of sp³-hybridized carbons (Fsp3) is 0.571. The molecule has 0 aliphatic heterocycles. The molecule has 1 aromatic rings. The molecule has 1 amide bonds. The van der Waals surface area contributed by atoms with Crippen molar-refractivity contribution in [1.29, 1.82) is 10.5 Å². The van der Waals surface area contributed by atoms with Crippen molar-refractivity contribution >= 4 is 21.6 Å². The van der Waals surface area contributed by atoms with E-state index in [-0.39, 0.29) is 73.9 Å². The van der Waals surface area contributed by atoms with Crippen molar-refractivity contribution in [2.75, 3.05) is 10.5 Å². The lowest BCUT2D eigenvalue weighted by atomic mass is 9.57. The summed E-state index contributed by atoms with van der Waals surface area (Å²) in [5, 5.41) is 20.6. The van der Waals surface area contributed by atoms with Crippen molar-refractivity contribution in [2.24, 2.45) is 5.41 Å². The molecule has 3 fully saturated rings. The molecule has 32 heavy (non-hydrogen) atoms. The summed E-state index contributed by atoms with van der Waals surface area (Å²) < 4.78 is 67.4. The van der Waals surface area contributed by atoms with Crippen LogP contribution >= 0.6 is 0 Å². The Bertz CT molecular complexity index is 1060. The van der Waals surface area contributed by atoms with Gasteiger partial charge in [0.15, 0.2) is 0 Å². The Morgan fingerprint density at radius 2 is 1.72 bits per heavy atom. The smallest absolute Gasteiger partial charge is 0.347 e. The van der Waals surface area contributed by atoms with Crippen LogP contribution < -0.4 is 10.0 Å². The zero-order valence-corrected chi connectivity index (χ0v) is 18.1. The quantitative estimate of drug-likeness (QED) is 0.586. The molecule has 4 rings (SSSR count). The van der Waals surface area contributed by atoms with Crippen LogP contribution in [0.25, 0.3) is 0 Å². The van der Waals surface area contributed by atoms with Crippen molar-refractivity contribution in [1.82, 2.24) is 5.32 Å². The topological polar surface area (TPSA) is 123 Å². The number of unbranched alkanes of at least 4 members (excludes halogenated alkanes) is 1. The van der Waals surface area contributed by atoms with Crippen LogP contribution in [-0.4, -0.2) is 31.8 Å². The summed E-state index contributed by atoms with van der Waals surface area (Å²) in [5.74, 6) is -0.955. The van der Waals surface area contributed by atoms with Crippen LogP contribution in [0.5, 0.6) is 0 Å². The number of sulfonamides is 1. The van der Waals surface area contributed by atoms with Gasteiger partial charge in [-0.05, 0) is 63.1 Å². The van der Waals surface area contributed by atoms with Gasteiger partial charge in [0.25, 0.3) is 5.91 Å². The first kappa shape index (κ1) is 23.9. The minimum Gasteiger partial charge on any atom is -0.347 e. The fourth-order valence-electron chi connectivity index (χ4n) is 4.56. The summed E-state index contributed by atoms with van der Waals surface area (Å²) in [6.45, 7) is 0. The maximum atomic E-state index is 13.5. The zero-order valence-electron chi connectivity index (χ0n) is 17.3. The second kappa shape index (κ2) is 8.62. The first-order valence-corrected chi connectivity index (χ1v) is 11.9. The number of nitrogens with zero attached hydrogens (tertiary/aromatic N) is 2. The van der Waals surface area contributed by atoms with Crippen LogP contribution in [0.4, 0.5) is 18.9 Å². The van der Waals surface area contributed by atoms with Crippen LogP contribution in [0, 0.1) is 28.1 Å². The van der Waals surface area contributed by atoms with Crippen LogP contribution in [0.2, 0.25) is 0 Å². The first-order valence-electron chi connectivity index (χ1n) is 10.3. The highest BCUT2D eigenvalue weighted by atomic mass is 32.2. The van der Waals surface area contributed by atoms with Crippen LogP contribution in [0.1, 0.15) is 67.3 Å². The minimum atomic E-state index is -4.28. The third kappa shape index (κ3) is 4.83. The van der Waals surface area contributed by atoms with Crippen molar-refractivity contribution in [3.05, 3.63) is 29.3 Å². The van der Waals surface area contributed by atoms with Crippen LogP contribution in [-0.2, 0) is 10.0 Å². The Morgan fingerprint density at radius 1 is 1.09 bits per heavy atom. The average Bonchev–Trinajstić information content (AvgIpc) is 2.74. The lowest BCUT2D eigenvalue weighted by molar-refractivity contribution is -0.253. The normalized spacial score (nSPS) is 24.9. The highest BCUT2D eigenvalue weighted by Crippen LogP contribution is 2.59. The number of amides is 1. The predicted octanol–water partition coefficient (Wildman–Crippen LogP) is 3.99. The van der Waals surface area contributed by atoms with Crippen LogP contribution in [0.3, 0.4) is 0 Å². The second-order valence-corrected chi connectivity index (χ2v) is 10.4. The largest absolute Gasteiger partial charge is 0.394 e. The molecule has 0 atom stereocenters. The van der Waals surface area contributed by atoms with E-state index in [1.165, 1.54) is 18.2 Å². The standard InChI is InChI=1S/C21H23F3N4O3S/c22-21(23,24)19-5-8-20(9-6-19,10-7-19)27-18(29)16-13-15(14-26)3-4-17(16)28-32(30,31)12-2-1-11-25/h3-4,13,28H,1-2,5-10,12H2,(H,27,29). The maximum absolute atomic E-state index is 13.5. The predicted molar refractivity (Wildman–Crippen MR) is 110 cm³/mol. The summed E-state index contributed by atoms with van der Waals surface area (Å²) >= 11 is 0. The van der Waals surface area contributed by atoms with Gasteiger partial charge in [-0.25, -0.2) is 8.42 Å². The molecule has 0 unspecified atom stereocenters. The number of hydrogen-bond acceptors (Lipinski definition) is 5. The molecule has 0 spiro atoms. The molecular formula is C21H23F3N4O3S. The van der Waals surface area contributed by atoms with Crippen molar-refractivity contribution in [2.45, 2.75) is 63.1 Å². The van der Waals surface area contributed by atoms with Gasteiger partial charge in [0, 0.05) is 12.0 Å². The number of carbonyl (C=O) groups excluding carboxylic acids is 1. The molecule has 172 valence electrons. The highest BCUT2D eigenvalue weighted by Gasteiger charge is 2.61. The van der Waals surface area contributed by atoms with Crippen molar-refractivity contribution in [3.8, 4) is 12.1 Å². The van der Waals surface area contributed by atoms with E-state index in [9.17, 15) is 31.6 Å². The number of nitrogens with one attached hydrogen (secondary N) is 2. The van der Waals surface area contributed by atoms with E-state index in [1.54, 1.807) is 0 Å². The SMILES string of the molecule is N#CCCCS(=O)(=O)Nc1ccc(C#N)cc1C(=O)NC12CCC(C(F)(F)F)(CC1)CC2. The van der Waals surface area contributed by atoms with E-state index in [2.05, 4.69) is 10.0 Å². The summed E-state index contributed by atoms with van der Waals surface area (Å²) in [7, 11) is -3.84. The van der Waals surface area contributed by atoms with Gasteiger partial charge in [0.1, 0.15) is 0 Å². The van der Waals surface area contributed by atoms with Gasteiger partial charge in [-0.3, -0.25) is 9.52 Å². The van der Waals surface area contributed by atoms with E-state index >= 15 is 0 Å². The molecule has 7 nitrogen and oxygen atoms in total. The zero-order chi connectivity index (χ0) is 23.6.